The van der Waals surface area contributed by atoms with E-state index < -0.39 is 11.8 Å². The summed E-state index contributed by atoms with van der Waals surface area (Å²) in [6.07, 6.45) is 0. The molecule has 1 N–H and O–H groups in total. The summed E-state index contributed by atoms with van der Waals surface area (Å²) >= 11 is 18.0. The van der Waals surface area contributed by atoms with Crippen LogP contribution >= 0.6 is 34.8 Å². The van der Waals surface area contributed by atoms with Gasteiger partial charge in [-0.1, -0.05) is 46.9 Å². The molecule has 0 bridgehead atoms. The number of rotatable bonds is 5. The number of carbonyl (C=O) groups excluding carboxylic acids is 2. The monoisotopic (exact) mass is 410 g/mol. The Bertz CT molecular complexity index is 928. The van der Waals surface area contributed by atoms with E-state index in [-0.39, 0.29) is 21.4 Å². The lowest BCUT2D eigenvalue weighted by molar-refractivity contribution is -0.120. The van der Waals surface area contributed by atoms with E-state index in [0.29, 0.717) is 23.1 Å². The van der Waals surface area contributed by atoms with E-state index in [1.54, 1.807) is 24.3 Å². The molecule has 1 aliphatic heterocycles. The van der Waals surface area contributed by atoms with Gasteiger partial charge in [-0.15, -0.1) is 0 Å². The zero-order valence-corrected chi connectivity index (χ0v) is 15.8. The Morgan fingerprint density at radius 1 is 1.00 bits per heavy atom. The van der Waals surface area contributed by atoms with Gasteiger partial charge in [0.05, 0.1) is 28.0 Å². The number of hydrogen-bond donors (Lipinski definition) is 1. The van der Waals surface area contributed by atoms with Crippen LogP contribution in [0.25, 0.3) is 0 Å². The number of carbonyl (C=O) groups is 2. The molecule has 0 radical (unpaired) electrons. The third-order valence-electron chi connectivity index (χ3n) is 3.64. The van der Waals surface area contributed by atoms with Gasteiger partial charge in [-0.25, -0.2) is 4.90 Å². The Labute approximate surface area is 165 Å². The van der Waals surface area contributed by atoms with E-state index in [1.807, 2.05) is 6.92 Å². The summed E-state index contributed by atoms with van der Waals surface area (Å²) in [7, 11) is 0. The minimum Gasteiger partial charge on any atom is -0.492 e. The standard InChI is InChI=1S/C18H13Cl3N2O3/c1-2-26-14-6-4-3-5-13(14)22-16-15(21)17(24)23(18(16)25)10-7-8-11(19)12(20)9-10/h3-9,22H,2H2,1H3. The van der Waals surface area contributed by atoms with Crippen molar-refractivity contribution in [2.45, 2.75) is 6.92 Å². The molecule has 0 saturated carbocycles. The van der Waals surface area contributed by atoms with E-state index in [1.165, 1.54) is 18.2 Å². The summed E-state index contributed by atoms with van der Waals surface area (Å²) in [6, 6.07) is 11.5. The Balaban J connectivity index is 1.93. The van der Waals surface area contributed by atoms with Crippen molar-refractivity contribution >= 4 is 58.0 Å². The van der Waals surface area contributed by atoms with Crippen molar-refractivity contribution < 1.29 is 14.3 Å². The van der Waals surface area contributed by atoms with Crippen LogP contribution in [0.4, 0.5) is 11.4 Å². The van der Waals surface area contributed by atoms with E-state index in [9.17, 15) is 9.59 Å². The molecule has 5 nitrogen and oxygen atoms in total. The Morgan fingerprint density at radius 2 is 1.73 bits per heavy atom. The fourth-order valence-corrected chi connectivity index (χ4v) is 2.96. The maximum atomic E-state index is 12.8. The molecule has 0 fully saturated rings. The number of ether oxygens (including phenoxy) is 1. The molecule has 2 amide bonds. The summed E-state index contributed by atoms with van der Waals surface area (Å²) in [6.45, 7) is 2.30. The van der Waals surface area contributed by atoms with Gasteiger partial charge in [-0.2, -0.15) is 0 Å². The molecule has 0 spiro atoms. The third-order valence-corrected chi connectivity index (χ3v) is 4.72. The van der Waals surface area contributed by atoms with Crippen LogP contribution in [0.3, 0.4) is 0 Å². The van der Waals surface area contributed by atoms with Crippen LogP contribution in [-0.2, 0) is 9.59 Å². The molecule has 0 aromatic heterocycles. The van der Waals surface area contributed by atoms with Crippen molar-refractivity contribution in [3.8, 4) is 5.75 Å². The molecule has 8 heteroatoms. The average molecular weight is 412 g/mol. The van der Waals surface area contributed by atoms with Gasteiger partial charge in [0.2, 0.25) is 0 Å². The fraction of sp³-hybridized carbons (Fsp3) is 0.111. The highest BCUT2D eigenvalue weighted by Crippen LogP contribution is 2.35. The topological polar surface area (TPSA) is 58.6 Å². The molecule has 3 rings (SSSR count). The number of hydrogen-bond acceptors (Lipinski definition) is 4. The zero-order valence-electron chi connectivity index (χ0n) is 13.6. The van der Waals surface area contributed by atoms with Crippen LogP contribution < -0.4 is 15.0 Å². The maximum absolute atomic E-state index is 12.8. The molecule has 1 aliphatic rings. The third kappa shape index (κ3) is 3.38. The lowest BCUT2D eigenvalue weighted by atomic mass is 10.2. The molecule has 134 valence electrons. The Hall–Kier alpha value is -2.21. The normalized spacial score (nSPS) is 14.2. The Morgan fingerprint density at radius 3 is 2.42 bits per heavy atom. The zero-order chi connectivity index (χ0) is 18.8. The second-order valence-electron chi connectivity index (χ2n) is 5.29. The number of anilines is 2. The number of nitrogens with one attached hydrogen (secondary N) is 1. The minimum absolute atomic E-state index is 0.0325. The molecule has 1 heterocycles. The van der Waals surface area contributed by atoms with Crippen molar-refractivity contribution in [3.05, 3.63) is 63.2 Å². The van der Waals surface area contributed by atoms with Gasteiger partial charge in [-0.3, -0.25) is 9.59 Å². The first-order chi connectivity index (χ1) is 12.4. The number of halogens is 3. The van der Waals surface area contributed by atoms with Crippen LogP contribution in [0.5, 0.6) is 5.75 Å². The molecular formula is C18H13Cl3N2O3. The lowest BCUT2D eigenvalue weighted by Crippen LogP contribution is -2.32. The van der Waals surface area contributed by atoms with Crippen molar-refractivity contribution in [1.82, 2.24) is 0 Å². The highest BCUT2D eigenvalue weighted by Gasteiger charge is 2.39. The molecule has 0 aliphatic carbocycles. The average Bonchev–Trinajstić information content (AvgIpc) is 2.83. The summed E-state index contributed by atoms with van der Waals surface area (Å²) < 4.78 is 5.51. The van der Waals surface area contributed by atoms with Crippen LogP contribution in [-0.4, -0.2) is 18.4 Å². The predicted molar refractivity (Wildman–Crippen MR) is 103 cm³/mol. The minimum atomic E-state index is -0.647. The second-order valence-corrected chi connectivity index (χ2v) is 6.48. The first-order valence-corrected chi connectivity index (χ1v) is 8.80. The molecule has 26 heavy (non-hydrogen) atoms. The first kappa shape index (κ1) is 18.6. The largest absolute Gasteiger partial charge is 0.492 e. The van der Waals surface area contributed by atoms with Gasteiger partial charge in [0.15, 0.2) is 0 Å². The summed E-state index contributed by atoms with van der Waals surface area (Å²) in [4.78, 5) is 26.2. The number of benzene rings is 2. The SMILES string of the molecule is CCOc1ccccc1NC1=C(Cl)C(=O)N(c2ccc(Cl)c(Cl)c2)C1=O. The molecule has 0 atom stereocenters. The van der Waals surface area contributed by atoms with Gasteiger partial charge in [0, 0.05) is 0 Å². The fourth-order valence-electron chi connectivity index (χ4n) is 2.46. The smallest absolute Gasteiger partial charge is 0.283 e. The summed E-state index contributed by atoms with van der Waals surface area (Å²) in [5.74, 6) is -0.698. The van der Waals surface area contributed by atoms with Gasteiger partial charge >= 0.3 is 0 Å². The number of amides is 2. The number of para-hydroxylation sites is 2. The van der Waals surface area contributed by atoms with E-state index in [0.717, 1.165) is 4.90 Å². The highest BCUT2D eigenvalue weighted by atomic mass is 35.5. The van der Waals surface area contributed by atoms with Crippen LogP contribution in [0.2, 0.25) is 10.0 Å². The van der Waals surface area contributed by atoms with Gasteiger partial charge in [0.25, 0.3) is 11.8 Å². The highest BCUT2D eigenvalue weighted by molar-refractivity contribution is 6.53. The first-order valence-electron chi connectivity index (χ1n) is 7.66. The van der Waals surface area contributed by atoms with Crippen molar-refractivity contribution in [2.24, 2.45) is 0 Å². The Kier molecular flexibility index (Phi) is 5.41. The molecule has 0 saturated heterocycles. The van der Waals surface area contributed by atoms with Crippen molar-refractivity contribution in [3.63, 3.8) is 0 Å². The summed E-state index contributed by atoms with van der Waals surface area (Å²) in [5.41, 5.74) is 0.775. The van der Waals surface area contributed by atoms with E-state index in [2.05, 4.69) is 5.32 Å². The second kappa shape index (κ2) is 7.58. The van der Waals surface area contributed by atoms with Crippen molar-refractivity contribution in [1.29, 1.82) is 0 Å². The van der Waals surface area contributed by atoms with Gasteiger partial charge in [-0.05, 0) is 37.3 Å². The number of imide groups is 1. The lowest BCUT2D eigenvalue weighted by Gasteiger charge is -2.16. The molecule has 2 aromatic carbocycles. The molecule has 0 unspecified atom stereocenters. The van der Waals surface area contributed by atoms with Gasteiger partial charge in [0.1, 0.15) is 16.5 Å². The van der Waals surface area contributed by atoms with Crippen molar-refractivity contribution in [2.75, 3.05) is 16.8 Å². The number of nitrogens with zero attached hydrogens (tertiary/aromatic N) is 1. The maximum Gasteiger partial charge on any atom is 0.283 e. The molecular weight excluding hydrogens is 399 g/mol. The molecule has 2 aromatic rings. The van der Waals surface area contributed by atoms with Crippen LogP contribution in [0, 0.1) is 0 Å². The van der Waals surface area contributed by atoms with Crippen LogP contribution in [0.1, 0.15) is 6.92 Å². The predicted octanol–water partition coefficient (Wildman–Crippen LogP) is 4.83. The van der Waals surface area contributed by atoms with E-state index >= 15 is 0 Å². The summed E-state index contributed by atoms with van der Waals surface area (Å²) in [5, 5.41) is 3.23. The van der Waals surface area contributed by atoms with Crippen LogP contribution in [0.15, 0.2) is 53.2 Å². The quantitative estimate of drug-likeness (QED) is 0.716. The van der Waals surface area contributed by atoms with Gasteiger partial charge < -0.3 is 10.1 Å². The van der Waals surface area contributed by atoms with E-state index in [4.69, 9.17) is 39.5 Å².